The van der Waals surface area contributed by atoms with Crippen molar-refractivity contribution in [2.45, 2.75) is 12.0 Å². The number of rotatable bonds is 5. The maximum atomic E-state index is 12.0. The number of aliphatic hydroxyl groups excluding tert-OH is 1. The first kappa shape index (κ1) is 16.4. The molecule has 1 unspecified atom stereocenters. The molecule has 0 saturated heterocycles. The number of amides is 1. The van der Waals surface area contributed by atoms with E-state index in [9.17, 15) is 9.90 Å². The molecule has 2 aromatic carbocycles. The smallest absolute Gasteiger partial charge is 0.407 e. The van der Waals surface area contributed by atoms with Crippen molar-refractivity contribution in [3.05, 3.63) is 77.9 Å². The third-order valence-electron chi connectivity index (χ3n) is 4.66. The number of fused-ring (bicyclic) bond motifs is 3. The van der Waals surface area contributed by atoms with Crippen molar-refractivity contribution < 1.29 is 14.6 Å². The van der Waals surface area contributed by atoms with Crippen LogP contribution in [0.4, 0.5) is 4.79 Å². The lowest BCUT2D eigenvalue weighted by molar-refractivity contribution is 0.127. The Morgan fingerprint density at radius 2 is 1.81 bits per heavy atom. The van der Waals surface area contributed by atoms with Gasteiger partial charge >= 0.3 is 6.09 Å². The Labute approximate surface area is 150 Å². The number of hydrogen-bond donors (Lipinski definition) is 3. The molecule has 1 aromatic heterocycles. The van der Waals surface area contributed by atoms with Gasteiger partial charge in [-0.2, -0.15) is 0 Å². The minimum atomic E-state index is -0.849. The van der Waals surface area contributed by atoms with Gasteiger partial charge in [-0.15, -0.1) is 0 Å². The van der Waals surface area contributed by atoms with Gasteiger partial charge in [0.1, 0.15) is 12.7 Å². The fraction of sp³-hybridized carbons (Fsp3) is 0.200. The highest BCUT2D eigenvalue weighted by Crippen LogP contribution is 2.44. The summed E-state index contributed by atoms with van der Waals surface area (Å²) in [7, 11) is 0. The Morgan fingerprint density at radius 3 is 2.42 bits per heavy atom. The molecular formula is C20H19N3O3. The van der Waals surface area contributed by atoms with Crippen LogP contribution in [0.2, 0.25) is 0 Å². The standard InChI is InChI=1S/C20H19N3O3/c24-19(18-9-21-12-23-18)10-22-20(25)26-11-17-15-7-3-1-5-13(15)14-6-2-4-8-16(14)17/h1-9,12,17,19,24H,10-11H2,(H,21,23)(H,22,25). The zero-order chi connectivity index (χ0) is 17.9. The Hall–Kier alpha value is -3.12. The molecule has 26 heavy (non-hydrogen) atoms. The van der Waals surface area contributed by atoms with E-state index in [1.807, 2.05) is 24.3 Å². The van der Waals surface area contributed by atoms with Gasteiger partial charge in [-0.1, -0.05) is 48.5 Å². The topological polar surface area (TPSA) is 87.2 Å². The van der Waals surface area contributed by atoms with E-state index in [2.05, 4.69) is 39.6 Å². The van der Waals surface area contributed by atoms with Crippen LogP contribution in [0.3, 0.4) is 0 Å². The number of carbonyl (C=O) groups is 1. The number of aromatic amines is 1. The second kappa shape index (κ2) is 7.01. The predicted molar refractivity (Wildman–Crippen MR) is 96.6 cm³/mol. The maximum absolute atomic E-state index is 12.0. The highest BCUT2D eigenvalue weighted by molar-refractivity contribution is 5.79. The number of nitrogens with zero attached hydrogens (tertiary/aromatic N) is 1. The van der Waals surface area contributed by atoms with Crippen molar-refractivity contribution in [2.75, 3.05) is 13.2 Å². The van der Waals surface area contributed by atoms with E-state index >= 15 is 0 Å². The summed E-state index contributed by atoms with van der Waals surface area (Å²) >= 11 is 0. The van der Waals surface area contributed by atoms with Crippen LogP contribution in [0.5, 0.6) is 0 Å². The van der Waals surface area contributed by atoms with Crippen molar-refractivity contribution >= 4 is 6.09 Å². The van der Waals surface area contributed by atoms with Crippen LogP contribution in [0.1, 0.15) is 28.8 Å². The monoisotopic (exact) mass is 349 g/mol. The second-order valence-corrected chi connectivity index (χ2v) is 6.23. The fourth-order valence-corrected chi connectivity index (χ4v) is 3.39. The summed E-state index contributed by atoms with van der Waals surface area (Å²) in [5, 5.41) is 12.5. The van der Waals surface area contributed by atoms with Crippen molar-refractivity contribution in [3.8, 4) is 11.1 Å². The molecule has 1 atom stereocenters. The number of benzene rings is 2. The quantitative estimate of drug-likeness (QED) is 0.661. The molecule has 6 nitrogen and oxygen atoms in total. The normalized spacial score (nSPS) is 13.7. The third-order valence-corrected chi connectivity index (χ3v) is 4.66. The van der Waals surface area contributed by atoms with Crippen LogP contribution in [-0.4, -0.2) is 34.3 Å². The molecule has 1 aliphatic rings. The lowest BCUT2D eigenvalue weighted by Gasteiger charge is -2.15. The van der Waals surface area contributed by atoms with Gasteiger partial charge in [-0.25, -0.2) is 9.78 Å². The molecule has 1 heterocycles. The Bertz CT molecular complexity index is 863. The maximum Gasteiger partial charge on any atom is 0.407 e. The molecule has 132 valence electrons. The molecule has 0 fully saturated rings. The van der Waals surface area contributed by atoms with Gasteiger partial charge in [0.25, 0.3) is 0 Å². The highest BCUT2D eigenvalue weighted by Gasteiger charge is 2.29. The zero-order valence-corrected chi connectivity index (χ0v) is 14.1. The SMILES string of the molecule is O=C(NCC(O)c1cnc[nH]1)OCC1c2ccccc2-c2ccccc21. The van der Waals surface area contributed by atoms with E-state index in [4.69, 9.17) is 4.74 Å². The van der Waals surface area contributed by atoms with Gasteiger partial charge in [0.05, 0.1) is 24.8 Å². The number of aromatic nitrogens is 2. The molecule has 1 aliphatic carbocycles. The number of imidazole rings is 1. The number of hydrogen-bond acceptors (Lipinski definition) is 4. The summed E-state index contributed by atoms with van der Waals surface area (Å²) in [5.41, 5.74) is 5.25. The van der Waals surface area contributed by atoms with Gasteiger partial charge in [0.2, 0.25) is 0 Å². The van der Waals surface area contributed by atoms with Crippen LogP contribution in [0, 0.1) is 0 Å². The lowest BCUT2D eigenvalue weighted by Crippen LogP contribution is -2.30. The van der Waals surface area contributed by atoms with Gasteiger partial charge in [0, 0.05) is 5.92 Å². The summed E-state index contributed by atoms with van der Waals surface area (Å²) in [6.07, 6.45) is 1.60. The molecule has 0 saturated carbocycles. The first-order valence-corrected chi connectivity index (χ1v) is 8.49. The van der Waals surface area contributed by atoms with Gasteiger partial charge in [-0.05, 0) is 22.3 Å². The molecule has 0 radical (unpaired) electrons. The average molecular weight is 349 g/mol. The first-order chi connectivity index (χ1) is 12.7. The van der Waals surface area contributed by atoms with E-state index in [1.54, 1.807) is 0 Å². The van der Waals surface area contributed by atoms with Crippen LogP contribution in [0.25, 0.3) is 11.1 Å². The van der Waals surface area contributed by atoms with E-state index in [-0.39, 0.29) is 19.1 Å². The number of nitrogens with one attached hydrogen (secondary N) is 2. The Morgan fingerprint density at radius 1 is 1.15 bits per heavy atom. The van der Waals surface area contributed by atoms with Crippen molar-refractivity contribution in [2.24, 2.45) is 0 Å². The number of carbonyl (C=O) groups excluding carboxylic acids is 1. The van der Waals surface area contributed by atoms with Gasteiger partial charge in [-0.3, -0.25) is 0 Å². The minimum Gasteiger partial charge on any atom is -0.449 e. The molecule has 1 amide bonds. The van der Waals surface area contributed by atoms with Crippen LogP contribution in [-0.2, 0) is 4.74 Å². The van der Waals surface area contributed by atoms with Crippen LogP contribution < -0.4 is 5.32 Å². The van der Waals surface area contributed by atoms with Crippen molar-refractivity contribution in [3.63, 3.8) is 0 Å². The van der Waals surface area contributed by atoms with E-state index < -0.39 is 12.2 Å². The summed E-state index contributed by atoms with van der Waals surface area (Å²) in [5.74, 6) is 0.0191. The molecular weight excluding hydrogens is 330 g/mol. The number of ether oxygens (including phenoxy) is 1. The van der Waals surface area contributed by atoms with Gasteiger partial charge in [0.15, 0.2) is 0 Å². The highest BCUT2D eigenvalue weighted by atomic mass is 16.5. The molecule has 0 bridgehead atoms. The molecule has 4 rings (SSSR count). The first-order valence-electron chi connectivity index (χ1n) is 8.49. The predicted octanol–water partition coefficient (Wildman–Crippen LogP) is 2.98. The number of alkyl carbamates (subject to hydrolysis) is 1. The summed E-state index contributed by atoms with van der Waals surface area (Å²) in [6, 6.07) is 16.4. The molecule has 3 N–H and O–H groups in total. The third kappa shape index (κ3) is 3.07. The van der Waals surface area contributed by atoms with Crippen molar-refractivity contribution in [1.29, 1.82) is 0 Å². The molecule has 0 aliphatic heterocycles. The number of H-pyrrole nitrogens is 1. The van der Waals surface area contributed by atoms with Crippen LogP contribution >= 0.6 is 0 Å². The lowest BCUT2D eigenvalue weighted by atomic mass is 9.98. The summed E-state index contributed by atoms with van der Waals surface area (Å²) in [4.78, 5) is 18.7. The fourth-order valence-electron chi connectivity index (χ4n) is 3.39. The zero-order valence-electron chi connectivity index (χ0n) is 14.1. The van der Waals surface area contributed by atoms with Crippen LogP contribution in [0.15, 0.2) is 61.1 Å². The van der Waals surface area contributed by atoms with Gasteiger partial charge < -0.3 is 20.1 Å². The van der Waals surface area contributed by atoms with Crippen molar-refractivity contribution in [1.82, 2.24) is 15.3 Å². The average Bonchev–Trinajstić information content (AvgIpc) is 3.31. The summed E-state index contributed by atoms with van der Waals surface area (Å²) < 4.78 is 5.42. The minimum absolute atomic E-state index is 0.0191. The molecule has 3 aromatic rings. The van der Waals surface area contributed by atoms with E-state index in [1.165, 1.54) is 34.8 Å². The largest absolute Gasteiger partial charge is 0.449 e. The number of aliphatic hydroxyl groups is 1. The van der Waals surface area contributed by atoms with E-state index in [0.29, 0.717) is 5.69 Å². The Kier molecular flexibility index (Phi) is 4.41. The second-order valence-electron chi connectivity index (χ2n) is 6.23. The summed E-state index contributed by atoms with van der Waals surface area (Å²) in [6.45, 7) is 0.304. The molecule has 6 heteroatoms. The Balaban J connectivity index is 1.39. The van der Waals surface area contributed by atoms with E-state index in [0.717, 1.165) is 0 Å². The molecule has 0 spiro atoms.